The highest BCUT2D eigenvalue weighted by Crippen LogP contribution is 2.17. The van der Waals surface area contributed by atoms with E-state index in [0.717, 1.165) is 11.3 Å². The quantitative estimate of drug-likeness (QED) is 0.834. The fraction of sp³-hybridized carbons (Fsp3) is 0.462. The van der Waals surface area contributed by atoms with Gasteiger partial charge < -0.3 is 15.2 Å². The molecule has 0 atom stereocenters. The maximum Gasteiger partial charge on any atom is 0.252 e. The highest BCUT2D eigenvalue weighted by molar-refractivity contribution is 5.96. The number of methoxy groups -OCH3 is 1. The minimum atomic E-state index is -0.622. The second kappa shape index (κ2) is 5.19. The molecule has 0 spiro atoms. The zero-order valence-corrected chi connectivity index (χ0v) is 10.7. The Morgan fingerprint density at radius 1 is 1.47 bits per heavy atom. The molecule has 17 heavy (non-hydrogen) atoms. The number of aryl methyl sites for hydroxylation is 1. The first-order valence-corrected chi connectivity index (χ1v) is 5.47. The lowest BCUT2D eigenvalue weighted by molar-refractivity contribution is 0.0868. The average Bonchev–Trinajstić information content (AvgIpc) is 2.28. The molecule has 94 valence electrons. The minimum Gasteiger partial charge on any atom is -0.497 e. The number of rotatable bonds is 4. The zero-order valence-electron chi connectivity index (χ0n) is 10.7. The molecule has 0 saturated heterocycles. The van der Waals surface area contributed by atoms with Gasteiger partial charge in [-0.15, -0.1) is 0 Å². The number of aliphatic hydroxyl groups is 1. The van der Waals surface area contributed by atoms with Crippen molar-refractivity contribution in [2.24, 2.45) is 0 Å². The van der Waals surface area contributed by atoms with Crippen molar-refractivity contribution in [3.63, 3.8) is 0 Å². The normalized spacial score (nSPS) is 11.1. The number of nitrogens with one attached hydrogen (secondary N) is 1. The van der Waals surface area contributed by atoms with E-state index in [0.29, 0.717) is 5.56 Å². The number of hydrogen-bond acceptors (Lipinski definition) is 3. The molecule has 1 rings (SSSR count). The van der Waals surface area contributed by atoms with E-state index in [9.17, 15) is 4.79 Å². The Labute approximate surface area is 102 Å². The molecule has 0 fully saturated rings. The SMILES string of the molecule is COc1ccc(C(=O)NC(C)(C)CO)c(C)c1. The van der Waals surface area contributed by atoms with Crippen molar-refractivity contribution in [2.75, 3.05) is 13.7 Å². The number of ether oxygens (including phenoxy) is 1. The number of aliphatic hydroxyl groups excluding tert-OH is 1. The van der Waals surface area contributed by atoms with Gasteiger partial charge in [0.1, 0.15) is 5.75 Å². The summed E-state index contributed by atoms with van der Waals surface area (Å²) in [5.74, 6) is 0.532. The Morgan fingerprint density at radius 2 is 2.12 bits per heavy atom. The van der Waals surface area contributed by atoms with E-state index >= 15 is 0 Å². The van der Waals surface area contributed by atoms with E-state index < -0.39 is 5.54 Å². The predicted molar refractivity (Wildman–Crippen MR) is 66.4 cm³/mol. The molecule has 0 aliphatic heterocycles. The summed E-state index contributed by atoms with van der Waals surface area (Å²) >= 11 is 0. The molecule has 0 bridgehead atoms. The van der Waals surface area contributed by atoms with Crippen LogP contribution in [0, 0.1) is 6.92 Å². The Hall–Kier alpha value is -1.55. The molecule has 1 aromatic carbocycles. The Bertz CT molecular complexity index is 413. The molecule has 4 nitrogen and oxygen atoms in total. The van der Waals surface area contributed by atoms with Gasteiger partial charge in [-0.1, -0.05) is 0 Å². The highest BCUT2D eigenvalue weighted by atomic mass is 16.5. The van der Waals surface area contributed by atoms with Crippen molar-refractivity contribution in [1.29, 1.82) is 0 Å². The summed E-state index contributed by atoms with van der Waals surface area (Å²) in [6, 6.07) is 5.27. The van der Waals surface area contributed by atoms with Crippen LogP contribution >= 0.6 is 0 Å². The van der Waals surface area contributed by atoms with E-state index in [4.69, 9.17) is 9.84 Å². The third-order valence-electron chi connectivity index (χ3n) is 2.53. The van der Waals surface area contributed by atoms with E-state index in [1.165, 1.54) is 0 Å². The van der Waals surface area contributed by atoms with Crippen LogP contribution in [0.1, 0.15) is 29.8 Å². The molecular weight excluding hydrogens is 218 g/mol. The van der Waals surface area contributed by atoms with Gasteiger partial charge in [0, 0.05) is 5.56 Å². The van der Waals surface area contributed by atoms with Crippen molar-refractivity contribution < 1.29 is 14.6 Å². The second-order valence-corrected chi connectivity index (χ2v) is 4.68. The monoisotopic (exact) mass is 237 g/mol. The fourth-order valence-electron chi connectivity index (χ4n) is 1.43. The van der Waals surface area contributed by atoms with Crippen molar-refractivity contribution in [1.82, 2.24) is 5.32 Å². The minimum absolute atomic E-state index is 0.103. The molecule has 1 aromatic rings. The standard InChI is InChI=1S/C13H19NO3/c1-9-7-10(17-4)5-6-11(9)12(16)14-13(2,3)8-15/h5-7,15H,8H2,1-4H3,(H,14,16). The van der Waals surface area contributed by atoms with Gasteiger partial charge >= 0.3 is 0 Å². The van der Waals surface area contributed by atoms with Crippen LogP contribution in [0.5, 0.6) is 5.75 Å². The summed E-state index contributed by atoms with van der Waals surface area (Å²) in [5.41, 5.74) is 0.812. The van der Waals surface area contributed by atoms with Gasteiger partial charge in [-0.25, -0.2) is 0 Å². The summed E-state index contributed by atoms with van der Waals surface area (Å²) in [6.45, 7) is 5.28. The van der Waals surface area contributed by atoms with Gasteiger partial charge in [0.2, 0.25) is 0 Å². The van der Waals surface area contributed by atoms with Gasteiger partial charge in [0.15, 0.2) is 0 Å². The van der Waals surface area contributed by atoms with Crippen LogP contribution in [0.15, 0.2) is 18.2 Å². The van der Waals surface area contributed by atoms with Crippen LogP contribution in [0.2, 0.25) is 0 Å². The number of carbonyl (C=O) groups is 1. The van der Waals surface area contributed by atoms with Gasteiger partial charge in [0.25, 0.3) is 5.91 Å². The van der Waals surface area contributed by atoms with Gasteiger partial charge in [-0.2, -0.15) is 0 Å². The molecular formula is C13H19NO3. The molecule has 1 amide bonds. The lowest BCUT2D eigenvalue weighted by Crippen LogP contribution is -2.46. The van der Waals surface area contributed by atoms with Crippen molar-refractivity contribution in [3.05, 3.63) is 29.3 Å². The zero-order chi connectivity index (χ0) is 13.1. The summed E-state index contributed by atoms with van der Waals surface area (Å²) in [5, 5.41) is 11.9. The van der Waals surface area contributed by atoms with Gasteiger partial charge in [-0.05, 0) is 44.5 Å². The summed E-state index contributed by atoms with van der Waals surface area (Å²) < 4.78 is 5.08. The van der Waals surface area contributed by atoms with Crippen LogP contribution in [-0.2, 0) is 0 Å². The molecule has 0 aliphatic carbocycles. The first-order valence-electron chi connectivity index (χ1n) is 5.47. The number of amides is 1. The first kappa shape index (κ1) is 13.5. The van der Waals surface area contributed by atoms with E-state index in [1.54, 1.807) is 39.2 Å². The van der Waals surface area contributed by atoms with E-state index in [2.05, 4.69) is 5.32 Å². The Kier molecular flexibility index (Phi) is 4.12. The van der Waals surface area contributed by atoms with Gasteiger partial charge in [-0.3, -0.25) is 4.79 Å². The van der Waals surface area contributed by atoms with Crippen LogP contribution in [0.25, 0.3) is 0 Å². The smallest absolute Gasteiger partial charge is 0.252 e. The average molecular weight is 237 g/mol. The van der Waals surface area contributed by atoms with Crippen LogP contribution in [0.3, 0.4) is 0 Å². The molecule has 0 heterocycles. The van der Waals surface area contributed by atoms with Gasteiger partial charge in [0.05, 0.1) is 19.3 Å². The molecule has 2 N–H and O–H groups in total. The molecule has 4 heteroatoms. The molecule has 0 aromatic heterocycles. The molecule has 0 saturated carbocycles. The summed E-state index contributed by atoms with van der Waals surface area (Å²) in [6.07, 6.45) is 0. The second-order valence-electron chi connectivity index (χ2n) is 4.68. The van der Waals surface area contributed by atoms with Crippen molar-refractivity contribution in [3.8, 4) is 5.75 Å². The lowest BCUT2D eigenvalue weighted by Gasteiger charge is -2.24. The van der Waals surface area contributed by atoms with Crippen molar-refractivity contribution in [2.45, 2.75) is 26.3 Å². The number of benzene rings is 1. The molecule has 0 radical (unpaired) electrons. The van der Waals surface area contributed by atoms with Crippen molar-refractivity contribution >= 4 is 5.91 Å². The van der Waals surface area contributed by atoms with Crippen LogP contribution < -0.4 is 10.1 Å². The third kappa shape index (κ3) is 3.46. The van der Waals surface area contributed by atoms with E-state index in [1.807, 2.05) is 6.92 Å². The number of carbonyl (C=O) groups excluding carboxylic acids is 1. The summed E-state index contributed by atoms with van der Waals surface area (Å²) in [4.78, 5) is 12.0. The largest absolute Gasteiger partial charge is 0.497 e. The lowest BCUT2D eigenvalue weighted by atomic mass is 10.0. The maximum absolute atomic E-state index is 12.0. The fourth-order valence-corrected chi connectivity index (χ4v) is 1.43. The maximum atomic E-state index is 12.0. The Morgan fingerprint density at radius 3 is 2.59 bits per heavy atom. The summed E-state index contributed by atoms with van der Waals surface area (Å²) in [7, 11) is 1.59. The van der Waals surface area contributed by atoms with Crippen LogP contribution in [0.4, 0.5) is 0 Å². The first-order chi connectivity index (χ1) is 7.89. The van der Waals surface area contributed by atoms with E-state index in [-0.39, 0.29) is 12.5 Å². The Balaban J connectivity index is 2.90. The highest BCUT2D eigenvalue weighted by Gasteiger charge is 2.20. The third-order valence-corrected chi connectivity index (χ3v) is 2.53. The number of hydrogen-bond donors (Lipinski definition) is 2. The topological polar surface area (TPSA) is 58.6 Å². The predicted octanol–water partition coefficient (Wildman–Crippen LogP) is 1.50. The molecule has 0 aliphatic rings. The molecule has 0 unspecified atom stereocenters. The van der Waals surface area contributed by atoms with Crippen LogP contribution in [-0.4, -0.2) is 30.3 Å².